The SMILES string of the molecule is CC([C@H](C)NC(=O)c1ccccc1)C(F)(F)F. The summed E-state index contributed by atoms with van der Waals surface area (Å²) in [6, 6.07) is 7.21. The number of carbonyl (C=O) groups excluding carboxylic acids is 1. The Morgan fingerprint density at radius 3 is 2.18 bits per heavy atom. The zero-order valence-electron chi connectivity index (χ0n) is 9.58. The summed E-state index contributed by atoms with van der Waals surface area (Å²) in [5, 5.41) is 2.34. The molecule has 0 fully saturated rings. The summed E-state index contributed by atoms with van der Waals surface area (Å²) in [5.41, 5.74) is 0.355. The monoisotopic (exact) mass is 245 g/mol. The van der Waals surface area contributed by atoms with Crippen LogP contribution in [0.25, 0.3) is 0 Å². The highest BCUT2D eigenvalue weighted by atomic mass is 19.4. The Balaban J connectivity index is 2.64. The fourth-order valence-corrected chi connectivity index (χ4v) is 1.29. The van der Waals surface area contributed by atoms with Crippen LogP contribution < -0.4 is 5.32 Å². The Labute approximate surface area is 97.8 Å². The van der Waals surface area contributed by atoms with E-state index < -0.39 is 24.0 Å². The van der Waals surface area contributed by atoms with Gasteiger partial charge < -0.3 is 5.32 Å². The van der Waals surface area contributed by atoms with Crippen molar-refractivity contribution in [2.24, 2.45) is 5.92 Å². The maximum absolute atomic E-state index is 12.4. The van der Waals surface area contributed by atoms with Crippen molar-refractivity contribution in [1.29, 1.82) is 0 Å². The highest BCUT2D eigenvalue weighted by Gasteiger charge is 2.39. The van der Waals surface area contributed by atoms with Gasteiger partial charge in [0, 0.05) is 11.6 Å². The molecule has 0 radical (unpaired) electrons. The minimum atomic E-state index is -4.30. The Hall–Kier alpha value is -1.52. The molecule has 1 unspecified atom stereocenters. The van der Waals surface area contributed by atoms with Gasteiger partial charge in [-0.1, -0.05) is 25.1 Å². The molecule has 0 heterocycles. The quantitative estimate of drug-likeness (QED) is 0.871. The number of hydrogen-bond acceptors (Lipinski definition) is 1. The fraction of sp³-hybridized carbons (Fsp3) is 0.417. The van der Waals surface area contributed by atoms with Gasteiger partial charge in [-0.15, -0.1) is 0 Å². The number of alkyl halides is 3. The molecule has 1 amide bonds. The number of rotatable bonds is 3. The highest BCUT2D eigenvalue weighted by molar-refractivity contribution is 5.94. The van der Waals surface area contributed by atoms with Gasteiger partial charge in [0.15, 0.2) is 0 Å². The number of amides is 1. The van der Waals surface area contributed by atoms with E-state index in [1.54, 1.807) is 30.3 Å². The normalized spacial score (nSPS) is 15.1. The lowest BCUT2D eigenvalue weighted by molar-refractivity contribution is -0.175. The third kappa shape index (κ3) is 3.76. The van der Waals surface area contributed by atoms with Crippen LogP contribution in [0.15, 0.2) is 30.3 Å². The molecular weight excluding hydrogens is 231 g/mol. The molecule has 2 atom stereocenters. The predicted octanol–water partition coefficient (Wildman–Crippen LogP) is 3.00. The van der Waals surface area contributed by atoms with Crippen LogP contribution in [0.4, 0.5) is 13.2 Å². The standard InChI is InChI=1S/C12H14F3NO/c1-8(12(13,14)15)9(2)16-11(17)10-6-4-3-5-7-10/h3-9H,1-2H3,(H,16,17)/t8?,9-/m0/s1. The molecule has 94 valence electrons. The summed E-state index contributed by atoms with van der Waals surface area (Å²) in [5.74, 6) is -2.07. The summed E-state index contributed by atoms with van der Waals surface area (Å²) in [4.78, 5) is 11.6. The van der Waals surface area contributed by atoms with E-state index in [9.17, 15) is 18.0 Å². The van der Waals surface area contributed by atoms with Crippen molar-refractivity contribution in [2.45, 2.75) is 26.1 Å². The van der Waals surface area contributed by atoms with Crippen LogP contribution in [0.3, 0.4) is 0 Å². The van der Waals surface area contributed by atoms with Crippen molar-refractivity contribution < 1.29 is 18.0 Å². The lowest BCUT2D eigenvalue weighted by atomic mass is 10.0. The minimum absolute atomic E-state index is 0.355. The Morgan fingerprint density at radius 2 is 1.71 bits per heavy atom. The number of hydrogen-bond donors (Lipinski definition) is 1. The van der Waals surface area contributed by atoms with Gasteiger partial charge in [-0.25, -0.2) is 0 Å². The van der Waals surface area contributed by atoms with E-state index in [4.69, 9.17) is 0 Å². The van der Waals surface area contributed by atoms with Crippen molar-refractivity contribution in [1.82, 2.24) is 5.32 Å². The van der Waals surface area contributed by atoms with Crippen LogP contribution in [-0.2, 0) is 0 Å². The predicted molar refractivity (Wildman–Crippen MR) is 58.6 cm³/mol. The van der Waals surface area contributed by atoms with Gasteiger partial charge >= 0.3 is 6.18 Å². The first-order valence-electron chi connectivity index (χ1n) is 5.25. The molecule has 0 saturated carbocycles. The topological polar surface area (TPSA) is 29.1 Å². The van der Waals surface area contributed by atoms with Gasteiger partial charge in [-0.2, -0.15) is 13.2 Å². The van der Waals surface area contributed by atoms with Crippen LogP contribution in [0, 0.1) is 5.92 Å². The smallest absolute Gasteiger partial charge is 0.349 e. The molecule has 2 nitrogen and oxygen atoms in total. The first-order chi connectivity index (χ1) is 7.82. The molecule has 1 N–H and O–H groups in total. The average Bonchev–Trinajstić information content (AvgIpc) is 2.27. The molecule has 0 aliphatic heterocycles. The third-order valence-electron chi connectivity index (χ3n) is 2.66. The second-order valence-corrected chi connectivity index (χ2v) is 3.96. The van der Waals surface area contributed by atoms with Gasteiger partial charge in [0.2, 0.25) is 0 Å². The van der Waals surface area contributed by atoms with E-state index >= 15 is 0 Å². The molecule has 0 spiro atoms. The lowest BCUT2D eigenvalue weighted by Crippen LogP contribution is -2.42. The first kappa shape index (κ1) is 13.5. The van der Waals surface area contributed by atoms with Gasteiger partial charge in [0.1, 0.15) is 0 Å². The number of carbonyl (C=O) groups is 1. The highest BCUT2D eigenvalue weighted by Crippen LogP contribution is 2.28. The zero-order valence-corrected chi connectivity index (χ0v) is 9.58. The van der Waals surface area contributed by atoms with Crippen molar-refractivity contribution in [3.63, 3.8) is 0 Å². The van der Waals surface area contributed by atoms with Crippen LogP contribution in [-0.4, -0.2) is 18.1 Å². The molecule has 17 heavy (non-hydrogen) atoms. The maximum Gasteiger partial charge on any atom is 0.393 e. The molecule has 0 bridgehead atoms. The molecule has 1 aromatic carbocycles. The average molecular weight is 245 g/mol. The van der Waals surface area contributed by atoms with Gasteiger partial charge in [0.05, 0.1) is 5.92 Å². The molecule has 1 rings (SSSR count). The molecule has 5 heteroatoms. The molecule has 0 aliphatic carbocycles. The van der Waals surface area contributed by atoms with Crippen LogP contribution >= 0.6 is 0 Å². The van der Waals surface area contributed by atoms with Crippen molar-refractivity contribution in [3.05, 3.63) is 35.9 Å². The van der Waals surface area contributed by atoms with Crippen molar-refractivity contribution in [3.8, 4) is 0 Å². The van der Waals surface area contributed by atoms with Gasteiger partial charge in [0.25, 0.3) is 5.91 Å². The number of benzene rings is 1. The number of nitrogens with one attached hydrogen (secondary N) is 1. The largest absolute Gasteiger partial charge is 0.393 e. The van der Waals surface area contributed by atoms with E-state index in [0.29, 0.717) is 5.56 Å². The minimum Gasteiger partial charge on any atom is -0.349 e. The molecular formula is C12H14F3NO. The van der Waals surface area contributed by atoms with Crippen molar-refractivity contribution >= 4 is 5.91 Å². The number of halogens is 3. The van der Waals surface area contributed by atoms with E-state index in [2.05, 4.69) is 5.32 Å². The van der Waals surface area contributed by atoms with Gasteiger partial charge in [-0.3, -0.25) is 4.79 Å². The molecule has 0 aromatic heterocycles. The second-order valence-electron chi connectivity index (χ2n) is 3.96. The summed E-state index contributed by atoms with van der Waals surface area (Å²) in [6.45, 7) is 2.40. The van der Waals surface area contributed by atoms with E-state index in [-0.39, 0.29) is 0 Å². The van der Waals surface area contributed by atoms with Gasteiger partial charge in [-0.05, 0) is 19.1 Å². The van der Waals surface area contributed by atoms with E-state index in [1.165, 1.54) is 6.92 Å². The van der Waals surface area contributed by atoms with E-state index in [1.807, 2.05) is 0 Å². The summed E-state index contributed by atoms with van der Waals surface area (Å²) in [6.07, 6.45) is -4.30. The van der Waals surface area contributed by atoms with Crippen LogP contribution in [0.5, 0.6) is 0 Å². The Bertz CT molecular complexity index is 375. The van der Waals surface area contributed by atoms with Crippen molar-refractivity contribution in [2.75, 3.05) is 0 Å². The summed E-state index contributed by atoms with van der Waals surface area (Å²) < 4.78 is 37.2. The summed E-state index contributed by atoms with van der Waals surface area (Å²) >= 11 is 0. The Morgan fingerprint density at radius 1 is 1.18 bits per heavy atom. The second kappa shape index (κ2) is 5.21. The third-order valence-corrected chi connectivity index (χ3v) is 2.66. The van der Waals surface area contributed by atoms with Crippen LogP contribution in [0.1, 0.15) is 24.2 Å². The molecule has 0 aliphatic rings. The maximum atomic E-state index is 12.4. The Kier molecular flexibility index (Phi) is 4.15. The zero-order chi connectivity index (χ0) is 13.1. The first-order valence-corrected chi connectivity index (χ1v) is 5.25. The lowest BCUT2D eigenvalue weighted by Gasteiger charge is -2.23. The molecule has 0 saturated heterocycles. The molecule has 1 aromatic rings. The van der Waals surface area contributed by atoms with E-state index in [0.717, 1.165) is 6.92 Å². The fourth-order valence-electron chi connectivity index (χ4n) is 1.29. The summed E-state index contributed by atoms with van der Waals surface area (Å²) in [7, 11) is 0. The van der Waals surface area contributed by atoms with Crippen LogP contribution in [0.2, 0.25) is 0 Å².